The van der Waals surface area contributed by atoms with Gasteiger partial charge in [-0.1, -0.05) is 102 Å². The summed E-state index contributed by atoms with van der Waals surface area (Å²) >= 11 is 0. The topological polar surface area (TPSA) is 15.7 Å². The Balaban J connectivity index is 1.17. The minimum Gasteiger partial charge on any atom is -0.497 e. The molecule has 7 rings (SSSR count). The molecule has 0 atom stereocenters. The normalized spacial score (nSPS) is 10.7. The van der Waals surface area contributed by atoms with E-state index in [4.69, 9.17) is 4.74 Å². The number of nitrogens with zero attached hydrogens (tertiary/aromatic N) is 2. The third kappa shape index (κ3) is 8.08. The van der Waals surface area contributed by atoms with Gasteiger partial charge in [-0.05, 0) is 153 Å². The second-order valence-corrected chi connectivity index (χ2v) is 14.0. The van der Waals surface area contributed by atoms with Crippen LogP contribution in [0.25, 0.3) is 23.3 Å². The molecule has 3 heteroatoms. The number of methoxy groups -OCH3 is 1. The summed E-state index contributed by atoms with van der Waals surface area (Å²) in [5, 5.41) is 0. The zero-order valence-electron chi connectivity index (χ0n) is 32.0. The van der Waals surface area contributed by atoms with Crippen LogP contribution in [0.2, 0.25) is 0 Å². The predicted octanol–water partition coefficient (Wildman–Crippen LogP) is 14.2. The van der Waals surface area contributed by atoms with Crippen molar-refractivity contribution in [1.29, 1.82) is 0 Å². The van der Waals surface area contributed by atoms with Gasteiger partial charge in [0, 0.05) is 34.1 Å². The first-order chi connectivity index (χ1) is 26.2. The molecule has 0 unspecified atom stereocenters. The SMILES string of the molecule is COc1ccc(C=C=Cc2ccc(N(c3ccc(-c4ccc(N(c5ccc(C)cc5)c5ccc(C)cc5C)cc4)cc3)c3ccc(C)cc3C)cc2)cc1. The molecule has 0 aliphatic rings. The second kappa shape index (κ2) is 16.0. The molecule has 0 aliphatic heterocycles. The number of rotatable bonds is 10. The highest BCUT2D eigenvalue weighted by atomic mass is 16.5. The minimum absolute atomic E-state index is 0.846. The van der Waals surface area contributed by atoms with Gasteiger partial charge in [0.1, 0.15) is 5.75 Å². The van der Waals surface area contributed by atoms with Gasteiger partial charge in [0.2, 0.25) is 0 Å². The van der Waals surface area contributed by atoms with Gasteiger partial charge in [-0.15, -0.1) is 5.73 Å². The Morgan fingerprint density at radius 2 is 0.759 bits per heavy atom. The molecule has 7 aromatic carbocycles. The molecule has 54 heavy (non-hydrogen) atoms. The lowest BCUT2D eigenvalue weighted by Gasteiger charge is -2.28. The van der Waals surface area contributed by atoms with Gasteiger partial charge in [0.05, 0.1) is 7.11 Å². The highest BCUT2D eigenvalue weighted by Gasteiger charge is 2.17. The third-order valence-corrected chi connectivity index (χ3v) is 9.83. The van der Waals surface area contributed by atoms with Gasteiger partial charge < -0.3 is 14.5 Å². The van der Waals surface area contributed by atoms with Crippen LogP contribution in [-0.2, 0) is 0 Å². The number of ether oxygens (including phenoxy) is 1. The molecule has 0 bridgehead atoms. The van der Waals surface area contributed by atoms with Gasteiger partial charge >= 0.3 is 0 Å². The summed E-state index contributed by atoms with van der Waals surface area (Å²) in [4.78, 5) is 4.69. The lowest BCUT2D eigenvalue weighted by atomic mass is 10.0. The lowest BCUT2D eigenvalue weighted by Crippen LogP contribution is -2.11. The van der Waals surface area contributed by atoms with Gasteiger partial charge in [0.25, 0.3) is 0 Å². The Morgan fingerprint density at radius 3 is 1.15 bits per heavy atom. The fourth-order valence-electron chi connectivity index (χ4n) is 6.92. The quantitative estimate of drug-likeness (QED) is 0.132. The number of hydrogen-bond acceptors (Lipinski definition) is 3. The van der Waals surface area contributed by atoms with Crippen molar-refractivity contribution in [1.82, 2.24) is 0 Å². The Morgan fingerprint density at radius 1 is 0.407 bits per heavy atom. The smallest absolute Gasteiger partial charge is 0.118 e. The van der Waals surface area contributed by atoms with Gasteiger partial charge in [-0.25, -0.2) is 0 Å². The third-order valence-electron chi connectivity index (χ3n) is 9.83. The van der Waals surface area contributed by atoms with Crippen molar-refractivity contribution in [2.45, 2.75) is 34.6 Å². The summed E-state index contributed by atoms with van der Waals surface area (Å²) < 4.78 is 5.27. The fraction of sp³-hybridized carbons (Fsp3) is 0.118. The largest absolute Gasteiger partial charge is 0.497 e. The molecule has 0 saturated carbocycles. The standard InChI is InChI=1S/C51H46N2O/c1-36-10-22-45(23-11-36)52(50-32-12-37(2)34-39(50)4)47-26-18-43(19-27-47)44-20-28-48(29-21-44)53(51-33-13-38(3)35-40(51)5)46-24-14-41(15-25-46)8-7-9-42-16-30-49(54-6)31-17-42/h8-35H,1-6H3. The molecule has 0 fully saturated rings. The molecule has 0 radical (unpaired) electrons. The van der Waals surface area contributed by atoms with Gasteiger partial charge in [0.15, 0.2) is 0 Å². The van der Waals surface area contributed by atoms with Crippen molar-refractivity contribution in [3.8, 4) is 16.9 Å². The number of anilines is 6. The average Bonchev–Trinajstić information content (AvgIpc) is 3.19. The number of aryl methyl sites for hydroxylation is 5. The van der Waals surface area contributed by atoms with E-state index in [1.165, 1.54) is 44.6 Å². The van der Waals surface area contributed by atoms with E-state index < -0.39 is 0 Å². The van der Waals surface area contributed by atoms with Crippen LogP contribution in [0.3, 0.4) is 0 Å². The first kappa shape index (κ1) is 35.8. The summed E-state index contributed by atoms with van der Waals surface area (Å²) in [5.41, 5.74) is 20.9. The van der Waals surface area contributed by atoms with E-state index in [-0.39, 0.29) is 0 Å². The Kier molecular flexibility index (Phi) is 10.6. The maximum atomic E-state index is 5.27. The van der Waals surface area contributed by atoms with Crippen LogP contribution in [0.5, 0.6) is 5.75 Å². The molecular formula is C51H46N2O. The summed E-state index contributed by atoms with van der Waals surface area (Å²) in [6.45, 7) is 10.8. The highest BCUT2D eigenvalue weighted by Crippen LogP contribution is 2.40. The minimum atomic E-state index is 0.846. The van der Waals surface area contributed by atoms with Gasteiger partial charge in [-0.2, -0.15) is 0 Å². The Hall–Kier alpha value is -6.54. The zero-order valence-corrected chi connectivity index (χ0v) is 32.0. The molecule has 0 N–H and O–H groups in total. The first-order valence-corrected chi connectivity index (χ1v) is 18.4. The molecule has 0 saturated heterocycles. The van der Waals surface area contributed by atoms with E-state index in [9.17, 15) is 0 Å². The zero-order chi connectivity index (χ0) is 37.6. The summed E-state index contributed by atoms with van der Waals surface area (Å²) in [6.07, 6.45) is 3.99. The van der Waals surface area contributed by atoms with E-state index in [2.05, 4.69) is 184 Å². The molecule has 0 amide bonds. The van der Waals surface area contributed by atoms with Crippen molar-refractivity contribution >= 4 is 46.3 Å². The summed E-state index contributed by atoms with van der Waals surface area (Å²) in [5.74, 6) is 0.846. The first-order valence-electron chi connectivity index (χ1n) is 18.4. The predicted molar refractivity (Wildman–Crippen MR) is 230 cm³/mol. The van der Waals surface area contributed by atoms with Crippen LogP contribution in [-0.4, -0.2) is 7.11 Å². The van der Waals surface area contributed by atoms with E-state index in [0.29, 0.717) is 0 Å². The highest BCUT2D eigenvalue weighted by molar-refractivity contribution is 5.82. The lowest BCUT2D eigenvalue weighted by molar-refractivity contribution is 0.415. The van der Waals surface area contributed by atoms with Crippen LogP contribution in [0.4, 0.5) is 34.1 Å². The Labute approximate surface area is 320 Å². The molecule has 7 aromatic rings. The molecular weight excluding hydrogens is 657 g/mol. The summed E-state index contributed by atoms with van der Waals surface area (Å²) in [7, 11) is 1.68. The molecule has 0 spiro atoms. The monoisotopic (exact) mass is 702 g/mol. The van der Waals surface area contributed by atoms with Crippen LogP contribution in [0.1, 0.15) is 38.9 Å². The van der Waals surface area contributed by atoms with Crippen molar-refractivity contribution in [3.05, 3.63) is 202 Å². The van der Waals surface area contributed by atoms with Crippen molar-refractivity contribution < 1.29 is 4.74 Å². The Bertz CT molecular complexity index is 2420. The van der Waals surface area contributed by atoms with E-state index in [1.807, 2.05) is 36.4 Å². The molecule has 0 aliphatic carbocycles. The average molecular weight is 703 g/mol. The fourth-order valence-corrected chi connectivity index (χ4v) is 6.92. The summed E-state index contributed by atoms with van der Waals surface area (Å²) in [6, 6.07) is 56.5. The van der Waals surface area contributed by atoms with Crippen molar-refractivity contribution in [2.24, 2.45) is 0 Å². The molecule has 0 heterocycles. The van der Waals surface area contributed by atoms with E-state index >= 15 is 0 Å². The number of hydrogen-bond donors (Lipinski definition) is 0. The maximum Gasteiger partial charge on any atom is 0.118 e. The molecule has 266 valence electrons. The van der Waals surface area contributed by atoms with Crippen LogP contribution in [0, 0.1) is 34.6 Å². The van der Waals surface area contributed by atoms with Gasteiger partial charge in [-0.3, -0.25) is 0 Å². The maximum absolute atomic E-state index is 5.27. The van der Waals surface area contributed by atoms with Crippen LogP contribution >= 0.6 is 0 Å². The second-order valence-electron chi connectivity index (χ2n) is 14.0. The molecule has 0 aromatic heterocycles. The molecule has 3 nitrogen and oxygen atoms in total. The van der Waals surface area contributed by atoms with Crippen molar-refractivity contribution in [2.75, 3.05) is 16.9 Å². The number of benzene rings is 7. The van der Waals surface area contributed by atoms with Crippen LogP contribution in [0.15, 0.2) is 163 Å². The van der Waals surface area contributed by atoms with E-state index in [1.54, 1.807) is 7.11 Å². The van der Waals surface area contributed by atoms with Crippen LogP contribution < -0.4 is 14.5 Å². The van der Waals surface area contributed by atoms with E-state index in [0.717, 1.165) is 45.3 Å². The van der Waals surface area contributed by atoms with Crippen molar-refractivity contribution in [3.63, 3.8) is 0 Å².